The van der Waals surface area contributed by atoms with Crippen molar-refractivity contribution in [2.24, 2.45) is 0 Å². The molecule has 0 spiro atoms. The summed E-state index contributed by atoms with van der Waals surface area (Å²) in [6.07, 6.45) is 1.45. The van der Waals surface area contributed by atoms with Gasteiger partial charge < -0.3 is 20.1 Å². The van der Waals surface area contributed by atoms with E-state index in [9.17, 15) is 9.59 Å². The quantitative estimate of drug-likeness (QED) is 0.575. The second-order valence-corrected chi connectivity index (χ2v) is 5.44. The zero-order valence-electron chi connectivity index (χ0n) is 13.0. The Kier molecular flexibility index (Phi) is 5.51. The predicted octanol–water partition coefficient (Wildman–Crippen LogP) is 0.0492. The van der Waals surface area contributed by atoms with Crippen LogP contribution in [0.1, 0.15) is 11.1 Å². The summed E-state index contributed by atoms with van der Waals surface area (Å²) in [5.41, 5.74) is 1.97. The lowest BCUT2D eigenvalue weighted by atomic mass is 10.00. The van der Waals surface area contributed by atoms with Gasteiger partial charge in [-0.3, -0.25) is 9.59 Å². The fraction of sp³-hybridized carbons (Fsp3) is 0.500. The van der Waals surface area contributed by atoms with E-state index in [1.165, 1.54) is 18.2 Å². The molecule has 0 unspecified atom stereocenters. The van der Waals surface area contributed by atoms with Crippen molar-refractivity contribution in [3.8, 4) is 0 Å². The Bertz CT molecular complexity index is 520. The topological polar surface area (TPSA) is 76.7 Å². The van der Waals surface area contributed by atoms with Crippen LogP contribution in [0.2, 0.25) is 0 Å². The highest BCUT2D eigenvalue weighted by molar-refractivity contribution is 6.35. The Morgan fingerprint density at radius 2 is 1.68 bits per heavy atom. The van der Waals surface area contributed by atoms with Gasteiger partial charge in [0.05, 0.1) is 12.2 Å². The average Bonchev–Trinajstić information content (AvgIpc) is 2.92. The molecule has 0 atom stereocenters. The van der Waals surface area contributed by atoms with E-state index in [2.05, 4.69) is 22.8 Å². The SMILES string of the molecule is COCCNC(=O)C(=O)NCC1(OC)Cc2ccccc2C1. The number of amides is 2. The van der Waals surface area contributed by atoms with Crippen LogP contribution in [0.25, 0.3) is 0 Å². The average molecular weight is 306 g/mol. The lowest BCUT2D eigenvalue weighted by Gasteiger charge is -2.27. The summed E-state index contributed by atoms with van der Waals surface area (Å²) in [5.74, 6) is -1.30. The fourth-order valence-electron chi connectivity index (χ4n) is 2.67. The van der Waals surface area contributed by atoms with Crippen molar-refractivity contribution in [3.05, 3.63) is 35.4 Å². The largest absolute Gasteiger partial charge is 0.383 e. The van der Waals surface area contributed by atoms with Crippen molar-refractivity contribution in [2.75, 3.05) is 33.9 Å². The minimum absolute atomic E-state index is 0.300. The zero-order chi connectivity index (χ0) is 16.0. The third kappa shape index (κ3) is 3.84. The molecule has 1 aliphatic rings. The summed E-state index contributed by atoms with van der Waals surface area (Å²) >= 11 is 0. The first kappa shape index (κ1) is 16.5. The number of methoxy groups -OCH3 is 2. The van der Waals surface area contributed by atoms with Gasteiger partial charge in [-0.1, -0.05) is 24.3 Å². The molecule has 0 heterocycles. The summed E-state index contributed by atoms with van der Waals surface area (Å²) in [6.45, 7) is 0.981. The molecule has 0 fully saturated rings. The van der Waals surface area contributed by atoms with Crippen molar-refractivity contribution in [2.45, 2.75) is 18.4 Å². The molecule has 0 bridgehead atoms. The van der Waals surface area contributed by atoms with Gasteiger partial charge in [0.25, 0.3) is 0 Å². The van der Waals surface area contributed by atoms with Crippen LogP contribution in [0.3, 0.4) is 0 Å². The van der Waals surface area contributed by atoms with Crippen LogP contribution in [0, 0.1) is 0 Å². The molecular formula is C16H22N2O4. The molecule has 120 valence electrons. The fourth-order valence-corrected chi connectivity index (χ4v) is 2.67. The van der Waals surface area contributed by atoms with E-state index in [1.54, 1.807) is 7.11 Å². The Morgan fingerprint density at radius 1 is 1.09 bits per heavy atom. The highest BCUT2D eigenvalue weighted by atomic mass is 16.5. The van der Waals surface area contributed by atoms with E-state index >= 15 is 0 Å². The molecule has 6 nitrogen and oxygen atoms in total. The van der Waals surface area contributed by atoms with Crippen LogP contribution in [0.4, 0.5) is 0 Å². The van der Waals surface area contributed by atoms with Crippen LogP contribution in [0.5, 0.6) is 0 Å². The zero-order valence-corrected chi connectivity index (χ0v) is 13.0. The van der Waals surface area contributed by atoms with Gasteiger partial charge in [0, 0.05) is 40.2 Å². The van der Waals surface area contributed by atoms with Crippen LogP contribution < -0.4 is 10.6 Å². The van der Waals surface area contributed by atoms with Crippen LogP contribution in [-0.4, -0.2) is 51.3 Å². The number of ether oxygens (including phenoxy) is 2. The number of hydrogen-bond acceptors (Lipinski definition) is 4. The monoisotopic (exact) mass is 306 g/mol. The van der Waals surface area contributed by atoms with Gasteiger partial charge in [-0.15, -0.1) is 0 Å². The van der Waals surface area contributed by atoms with Crippen molar-refractivity contribution >= 4 is 11.8 Å². The van der Waals surface area contributed by atoms with E-state index in [0.717, 1.165) is 12.8 Å². The molecule has 1 aromatic rings. The summed E-state index contributed by atoms with van der Waals surface area (Å²) in [4.78, 5) is 23.4. The van der Waals surface area contributed by atoms with Gasteiger partial charge in [-0.25, -0.2) is 0 Å². The van der Waals surface area contributed by atoms with Gasteiger partial charge in [0.1, 0.15) is 0 Å². The molecule has 1 aromatic carbocycles. The van der Waals surface area contributed by atoms with Crippen molar-refractivity contribution < 1.29 is 19.1 Å². The Labute approximate surface area is 130 Å². The number of nitrogens with one attached hydrogen (secondary N) is 2. The van der Waals surface area contributed by atoms with Gasteiger partial charge in [0.2, 0.25) is 0 Å². The van der Waals surface area contributed by atoms with Crippen molar-refractivity contribution in [3.63, 3.8) is 0 Å². The Balaban J connectivity index is 1.87. The highest BCUT2D eigenvalue weighted by Crippen LogP contribution is 2.31. The molecule has 1 aliphatic carbocycles. The summed E-state index contributed by atoms with van der Waals surface area (Å²) in [7, 11) is 3.17. The molecule has 0 aromatic heterocycles. The van der Waals surface area contributed by atoms with Crippen molar-refractivity contribution in [1.29, 1.82) is 0 Å². The normalized spacial score (nSPS) is 15.2. The lowest BCUT2D eigenvalue weighted by Crippen LogP contribution is -2.49. The smallest absolute Gasteiger partial charge is 0.309 e. The number of carbonyl (C=O) groups excluding carboxylic acids is 2. The molecule has 2 amide bonds. The second-order valence-electron chi connectivity index (χ2n) is 5.44. The first-order valence-corrected chi connectivity index (χ1v) is 7.27. The van der Waals surface area contributed by atoms with Gasteiger partial charge in [-0.2, -0.15) is 0 Å². The molecule has 0 radical (unpaired) electrons. The Hall–Kier alpha value is -1.92. The number of hydrogen-bond donors (Lipinski definition) is 2. The number of carbonyl (C=O) groups is 2. The minimum atomic E-state index is -0.654. The van der Waals surface area contributed by atoms with Gasteiger partial charge >= 0.3 is 11.8 Å². The standard InChI is InChI=1S/C16H22N2O4/c1-21-8-7-17-14(19)15(20)18-11-16(22-2)9-12-5-3-4-6-13(12)10-16/h3-6H,7-11H2,1-2H3,(H,17,19)(H,18,20). The summed E-state index contributed by atoms with van der Waals surface area (Å²) in [5, 5.41) is 5.15. The van der Waals surface area contributed by atoms with Crippen LogP contribution in [0.15, 0.2) is 24.3 Å². The van der Waals surface area contributed by atoms with E-state index in [-0.39, 0.29) is 0 Å². The number of fused-ring (bicyclic) bond motifs is 1. The molecule has 2 rings (SSSR count). The molecule has 0 aliphatic heterocycles. The molecular weight excluding hydrogens is 284 g/mol. The maximum atomic E-state index is 11.8. The molecule has 22 heavy (non-hydrogen) atoms. The maximum absolute atomic E-state index is 11.8. The van der Waals surface area contributed by atoms with E-state index in [1.807, 2.05) is 12.1 Å². The highest BCUT2D eigenvalue weighted by Gasteiger charge is 2.37. The molecule has 0 saturated heterocycles. The molecule has 0 saturated carbocycles. The first-order chi connectivity index (χ1) is 10.6. The lowest BCUT2D eigenvalue weighted by molar-refractivity contribution is -0.140. The van der Waals surface area contributed by atoms with E-state index < -0.39 is 17.4 Å². The third-order valence-electron chi connectivity index (χ3n) is 3.95. The Morgan fingerprint density at radius 3 is 2.23 bits per heavy atom. The van der Waals surface area contributed by atoms with Crippen molar-refractivity contribution in [1.82, 2.24) is 10.6 Å². The number of rotatable bonds is 6. The molecule has 6 heteroatoms. The van der Waals surface area contributed by atoms with Gasteiger partial charge in [0.15, 0.2) is 0 Å². The van der Waals surface area contributed by atoms with Crippen LogP contribution >= 0.6 is 0 Å². The molecule has 2 N–H and O–H groups in total. The van der Waals surface area contributed by atoms with E-state index in [4.69, 9.17) is 9.47 Å². The van der Waals surface area contributed by atoms with E-state index in [0.29, 0.717) is 19.7 Å². The van der Waals surface area contributed by atoms with Crippen LogP contribution in [-0.2, 0) is 31.9 Å². The maximum Gasteiger partial charge on any atom is 0.309 e. The second kappa shape index (κ2) is 7.38. The summed E-state index contributed by atoms with van der Waals surface area (Å²) in [6, 6.07) is 8.11. The number of benzene rings is 1. The third-order valence-corrected chi connectivity index (χ3v) is 3.95. The first-order valence-electron chi connectivity index (χ1n) is 7.27. The minimum Gasteiger partial charge on any atom is -0.383 e. The summed E-state index contributed by atoms with van der Waals surface area (Å²) < 4.78 is 10.5. The van der Waals surface area contributed by atoms with Gasteiger partial charge in [-0.05, 0) is 11.1 Å². The predicted molar refractivity (Wildman–Crippen MR) is 81.5 cm³/mol.